The minimum Gasteiger partial charge on any atom is -0.423 e. The van der Waals surface area contributed by atoms with Crippen LogP contribution in [0.25, 0.3) is 0 Å². The maximum atomic E-state index is 13.7. The van der Waals surface area contributed by atoms with Gasteiger partial charge in [-0.2, -0.15) is 5.01 Å². The summed E-state index contributed by atoms with van der Waals surface area (Å²) in [5.41, 5.74) is 0.621. The van der Waals surface area contributed by atoms with Gasteiger partial charge in [-0.1, -0.05) is 73.8 Å². The van der Waals surface area contributed by atoms with Crippen LogP contribution in [0, 0.1) is 11.8 Å². The van der Waals surface area contributed by atoms with E-state index in [0.717, 1.165) is 10.0 Å². The quantitative estimate of drug-likeness (QED) is 0.103. The SMILES string of the molecule is O=C(CN(C(=O)c1ccccc1Cl)N1C(=O)[C@H]2C[C@@H](Br)[C@@H](Br)C[C@H]2C1=O)c1ccc(OC(=O)c2ccccc2)cc1. The van der Waals surface area contributed by atoms with Gasteiger partial charge in [-0.25, -0.2) is 9.80 Å². The largest absolute Gasteiger partial charge is 0.423 e. The number of hydrogen-bond donors (Lipinski definition) is 0. The van der Waals surface area contributed by atoms with Gasteiger partial charge in [0, 0.05) is 15.2 Å². The van der Waals surface area contributed by atoms with Crippen LogP contribution in [0.5, 0.6) is 5.75 Å². The third-order valence-corrected chi connectivity index (χ3v) is 10.2. The molecule has 0 unspecified atom stereocenters. The van der Waals surface area contributed by atoms with E-state index >= 15 is 0 Å². The zero-order chi connectivity index (χ0) is 29.3. The van der Waals surface area contributed by atoms with Crippen LogP contribution in [0.15, 0.2) is 78.9 Å². The normalized spacial score (nSPS) is 21.8. The van der Waals surface area contributed by atoms with Gasteiger partial charge in [0.25, 0.3) is 17.7 Å². The molecule has 0 bridgehead atoms. The lowest BCUT2D eigenvalue weighted by Crippen LogP contribution is -2.52. The lowest BCUT2D eigenvalue weighted by molar-refractivity contribution is -0.154. The fourth-order valence-electron chi connectivity index (χ4n) is 5.00. The molecule has 1 aliphatic carbocycles. The van der Waals surface area contributed by atoms with Crippen LogP contribution >= 0.6 is 43.5 Å². The number of ether oxygens (including phenoxy) is 1. The Bertz CT molecular complexity index is 1490. The number of ketones is 1. The summed E-state index contributed by atoms with van der Waals surface area (Å²) in [5.74, 6) is -3.89. The van der Waals surface area contributed by atoms with Crippen molar-refractivity contribution in [3.63, 3.8) is 0 Å². The molecule has 0 spiro atoms. The van der Waals surface area contributed by atoms with Crippen LogP contribution < -0.4 is 4.74 Å². The topological polar surface area (TPSA) is 101 Å². The highest BCUT2D eigenvalue weighted by Gasteiger charge is 2.54. The molecule has 0 N–H and O–H groups in total. The van der Waals surface area contributed by atoms with Crippen molar-refractivity contribution >= 4 is 72.9 Å². The Labute approximate surface area is 257 Å². The average molecular weight is 703 g/mol. The van der Waals surface area contributed by atoms with Gasteiger partial charge in [-0.15, -0.1) is 0 Å². The number of alkyl halides is 2. The average Bonchev–Trinajstić information content (AvgIpc) is 3.20. The maximum absolute atomic E-state index is 13.7. The van der Waals surface area contributed by atoms with Crippen molar-refractivity contribution in [2.45, 2.75) is 22.5 Å². The zero-order valence-electron chi connectivity index (χ0n) is 21.4. The fourth-order valence-corrected chi connectivity index (χ4v) is 6.45. The monoisotopic (exact) mass is 700 g/mol. The van der Waals surface area contributed by atoms with E-state index in [1.165, 1.54) is 36.4 Å². The first-order valence-corrected chi connectivity index (χ1v) is 15.0. The third kappa shape index (κ3) is 6.00. The second-order valence-electron chi connectivity index (χ2n) is 9.75. The van der Waals surface area contributed by atoms with Gasteiger partial charge >= 0.3 is 5.97 Å². The highest BCUT2D eigenvalue weighted by molar-refractivity contribution is 9.12. The number of amides is 3. The summed E-state index contributed by atoms with van der Waals surface area (Å²) in [6.45, 7) is -0.584. The summed E-state index contributed by atoms with van der Waals surface area (Å²) in [6.07, 6.45) is 0.819. The number of carbonyl (C=O) groups excluding carboxylic acids is 5. The van der Waals surface area contributed by atoms with Crippen LogP contribution in [0.1, 0.15) is 43.9 Å². The van der Waals surface area contributed by atoms with Gasteiger partial charge in [0.15, 0.2) is 5.78 Å². The molecule has 1 heterocycles. The molecule has 210 valence electrons. The summed E-state index contributed by atoms with van der Waals surface area (Å²) < 4.78 is 5.37. The fraction of sp³-hybridized carbons (Fsp3) is 0.233. The van der Waals surface area contributed by atoms with Crippen molar-refractivity contribution in [2.24, 2.45) is 11.8 Å². The molecule has 3 amide bonds. The van der Waals surface area contributed by atoms with Crippen molar-refractivity contribution in [1.82, 2.24) is 10.0 Å². The number of esters is 1. The van der Waals surface area contributed by atoms with E-state index in [2.05, 4.69) is 31.9 Å². The van der Waals surface area contributed by atoms with Gasteiger partial charge in [0.05, 0.1) is 28.0 Å². The summed E-state index contributed by atoms with van der Waals surface area (Å²) in [7, 11) is 0. The second kappa shape index (κ2) is 12.3. The first kappa shape index (κ1) is 29.2. The Morgan fingerprint density at radius 3 is 1.95 bits per heavy atom. The molecule has 3 aromatic carbocycles. The molecule has 4 atom stereocenters. The van der Waals surface area contributed by atoms with Crippen LogP contribution in [-0.4, -0.2) is 55.7 Å². The van der Waals surface area contributed by atoms with E-state index in [9.17, 15) is 24.0 Å². The van der Waals surface area contributed by atoms with Crippen LogP contribution in [0.2, 0.25) is 5.02 Å². The molecule has 2 fully saturated rings. The Morgan fingerprint density at radius 2 is 1.37 bits per heavy atom. The standard InChI is InChI=1S/C30H23Br2ClN2O6/c31-23-14-21-22(15-24(23)32)29(39)35(28(21)38)34(27(37)20-8-4-5-9-25(20)33)16-26(36)17-10-12-19(13-11-17)41-30(40)18-6-2-1-3-7-18/h1-13,21-24H,14-16H2/t21-,22+,23+,24-. The minimum absolute atomic E-state index is 0.0238. The summed E-state index contributed by atoms with van der Waals surface area (Å²) in [4.78, 5) is 66.5. The lowest BCUT2D eigenvalue weighted by atomic mass is 9.81. The third-order valence-electron chi connectivity index (χ3n) is 7.16. The molecule has 0 radical (unpaired) electrons. The highest BCUT2D eigenvalue weighted by Crippen LogP contribution is 2.43. The van der Waals surface area contributed by atoms with E-state index in [0.29, 0.717) is 18.4 Å². The molecule has 3 aromatic rings. The first-order chi connectivity index (χ1) is 19.7. The number of rotatable bonds is 7. The molecule has 1 aliphatic heterocycles. The van der Waals surface area contributed by atoms with Crippen molar-refractivity contribution in [3.8, 4) is 5.75 Å². The van der Waals surface area contributed by atoms with Gasteiger partial charge in [-0.05, 0) is 61.4 Å². The summed E-state index contributed by atoms with van der Waals surface area (Å²) >= 11 is 13.4. The number of Topliss-reactive ketones (excluding diaryl/α,β-unsaturated/α-hetero) is 1. The molecule has 0 aromatic heterocycles. The van der Waals surface area contributed by atoms with Crippen molar-refractivity contribution in [2.75, 3.05) is 6.54 Å². The molecule has 2 aliphatic rings. The smallest absolute Gasteiger partial charge is 0.343 e. The number of fused-ring (bicyclic) bond motifs is 1. The Hall–Kier alpha value is -3.34. The number of imide groups is 1. The minimum atomic E-state index is -0.747. The molecule has 41 heavy (non-hydrogen) atoms. The van der Waals surface area contributed by atoms with Crippen molar-refractivity contribution < 1.29 is 28.7 Å². The van der Waals surface area contributed by atoms with E-state index < -0.39 is 47.9 Å². The molecule has 1 saturated heterocycles. The predicted octanol–water partition coefficient (Wildman–Crippen LogP) is 5.72. The van der Waals surface area contributed by atoms with Crippen molar-refractivity contribution in [3.05, 3.63) is 101 Å². The number of hydrazine groups is 1. The number of halogens is 3. The van der Waals surface area contributed by atoms with Crippen molar-refractivity contribution in [1.29, 1.82) is 0 Å². The second-order valence-corrected chi connectivity index (χ2v) is 12.5. The highest BCUT2D eigenvalue weighted by atomic mass is 79.9. The van der Waals surface area contributed by atoms with Crippen LogP contribution in [-0.2, 0) is 9.59 Å². The van der Waals surface area contributed by atoms with Gasteiger partial charge < -0.3 is 4.74 Å². The lowest BCUT2D eigenvalue weighted by Gasteiger charge is -2.30. The number of carbonyl (C=O) groups is 5. The van der Waals surface area contributed by atoms with Crippen LogP contribution in [0.3, 0.4) is 0 Å². The van der Waals surface area contributed by atoms with Gasteiger partial charge in [0.1, 0.15) is 12.3 Å². The van der Waals surface area contributed by atoms with Gasteiger partial charge in [-0.3, -0.25) is 19.2 Å². The maximum Gasteiger partial charge on any atom is 0.343 e. The Kier molecular flexibility index (Phi) is 8.72. The molecule has 5 rings (SSSR count). The van der Waals surface area contributed by atoms with E-state index in [-0.39, 0.29) is 31.6 Å². The molecule has 11 heteroatoms. The van der Waals surface area contributed by atoms with Gasteiger partial charge in [0.2, 0.25) is 0 Å². The molecule has 1 saturated carbocycles. The first-order valence-electron chi connectivity index (χ1n) is 12.8. The van der Waals surface area contributed by atoms with E-state index in [1.807, 2.05) is 0 Å². The molecule has 8 nitrogen and oxygen atoms in total. The van der Waals surface area contributed by atoms with E-state index in [1.54, 1.807) is 42.5 Å². The Balaban J connectivity index is 1.40. The van der Waals surface area contributed by atoms with Crippen LogP contribution in [0.4, 0.5) is 0 Å². The zero-order valence-corrected chi connectivity index (χ0v) is 25.3. The number of hydrogen-bond acceptors (Lipinski definition) is 6. The summed E-state index contributed by atoms with van der Waals surface area (Å²) in [5, 5.41) is 1.83. The number of benzene rings is 3. The molecular formula is C30H23Br2ClN2O6. The summed E-state index contributed by atoms with van der Waals surface area (Å²) in [6, 6.07) is 20.5. The predicted molar refractivity (Wildman–Crippen MR) is 158 cm³/mol. The Morgan fingerprint density at radius 1 is 0.805 bits per heavy atom. The van der Waals surface area contributed by atoms with E-state index in [4.69, 9.17) is 16.3 Å². The number of nitrogens with zero attached hydrogens (tertiary/aromatic N) is 2. The molecular weight excluding hydrogens is 680 g/mol.